The highest BCUT2D eigenvalue weighted by Gasteiger charge is 2.00. The molecule has 0 aliphatic heterocycles. The first-order valence-electron chi connectivity index (χ1n) is 5.70. The number of nitrogens with one attached hydrogen (secondary N) is 1. The van der Waals surface area contributed by atoms with Gasteiger partial charge < -0.3 is 10.1 Å². The minimum absolute atomic E-state index is 0.201. The fourth-order valence-corrected chi connectivity index (χ4v) is 1.41. The van der Waals surface area contributed by atoms with Crippen LogP contribution in [0.4, 0.5) is 0 Å². The predicted molar refractivity (Wildman–Crippen MR) is 64.2 cm³/mol. The molecule has 1 aromatic carbocycles. The normalized spacial score (nSPS) is 10.1. The molecule has 1 aromatic rings. The van der Waals surface area contributed by atoms with E-state index in [1.54, 1.807) is 6.92 Å². The van der Waals surface area contributed by atoms with Crippen LogP contribution in [0.5, 0.6) is 0 Å². The van der Waals surface area contributed by atoms with Gasteiger partial charge in [0.1, 0.15) is 0 Å². The average molecular weight is 221 g/mol. The van der Waals surface area contributed by atoms with Gasteiger partial charge in [0.15, 0.2) is 0 Å². The van der Waals surface area contributed by atoms with Crippen LogP contribution in [0.3, 0.4) is 0 Å². The summed E-state index contributed by atoms with van der Waals surface area (Å²) >= 11 is 0. The monoisotopic (exact) mass is 221 g/mol. The Kier molecular flexibility index (Phi) is 5.57. The van der Waals surface area contributed by atoms with Crippen LogP contribution in [0.1, 0.15) is 25.0 Å². The van der Waals surface area contributed by atoms with Crippen LogP contribution < -0.4 is 5.32 Å². The van der Waals surface area contributed by atoms with Gasteiger partial charge in [0.2, 0.25) is 0 Å². The molecule has 3 heteroatoms. The quantitative estimate of drug-likeness (QED) is 0.746. The maximum atomic E-state index is 11.0. The van der Waals surface area contributed by atoms with Gasteiger partial charge in [0.05, 0.1) is 13.2 Å². The number of esters is 1. The topological polar surface area (TPSA) is 38.3 Å². The number of carbonyl (C=O) groups excluding carboxylic acids is 1. The lowest BCUT2D eigenvalue weighted by Crippen LogP contribution is -2.24. The summed E-state index contributed by atoms with van der Waals surface area (Å²) in [5.74, 6) is -0.201. The van der Waals surface area contributed by atoms with E-state index in [9.17, 15) is 4.79 Å². The van der Waals surface area contributed by atoms with Gasteiger partial charge in [-0.2, -0.15) is 0 Å². The first-order chi connectivity index (χ1) is 7.76. The SMILES string of the molecule is CCOC(=O)CNCc1ccc(CC)cc1. The summed E-state index contributed by atoms with van der Waals surface area (Å²) in [5, 5.41) is 3.05. The predicted octanol–water partition coefficient (Wildman–Crippen LogP) is 1.90. The number of hydrogen-bond acceptors (Lipinski definition) is 3. The minimum Gasteiger partial charge on any atom is -0.465 e. The Hall–Kier alpha value is -1.35. The standard InChI is InChI=1S/C13H19NO2/c1-3-11-5-7-12(8-6-11)9-14-10-13(15)16-4-2/h5-8,14H,3-4,9-10H2,1-2H3. The first kappa shape index (κ1) is 12.7. The molecule has 88 valence electrons. The van der Waals surface area contributed by atoms with Gasteiger partial charge in [-0.25, -0.2) is 0 Å². The highest BCUT2D eigenvalue weighted by Crippen LogP contribution is 2.04. The van der Waals surface area contributed by atoms with E-state index < -0.39 is 0 Å². The maximum absolute atomic E-state index is 11.0. The van der Waals surface area contributed by atoms with Gasteiger partial charge in [0, 0.05) is 6.54 Å². The van der Waals surface area contributed by atoms with Crippen LogP contribution in [-0.2, 0) is 22.5 Å². The van der Waals surface area contributed by atoms with Crippen LogP contribution in [0, 0.1) is 0 Å². The Morgan fingerprint density at radius 3 is 2.38 bits per heavy atom. The molecule has 0 heterocycles. The van der Waals surface area contributed by atoms with Crippen LogP contribution in [0.25, 0.3) is 0 Å². The molecule has 0 saturated carbocycles. The minimum atomic E-state index is -0.201. The average Bonchev–Trinajstić information content (AvgIpc) is 2.30. The second-order valence-corrected chi connectivity index (χ2v) is 3.58. The highest BCUT2D eigenvalue weighted by molar-refractivity contribution is 5.71. The Morgan fingerprint density at radius 2 is 1.81 bits per heavy atom. The molecule has 1 rings (SSSR count). The molecule has 0 saturated heterocycles. The summed E-state index contributed by atoms with van der Waals surface area (Å²) in [5.41, 5.74) is 2.51. The van der Waals surface area contributed by atoms with E-state index in [1.165, 1.54) is 11.1 Å². The van der Waals surface area contributed by atoms with Gasteiger partial charge >= 0.3 is 5.97 Å². The van der Waals surface area contributed by atoms with E-state index in [0.29, 0.717) is 13.2 Å². The second-order valence-electron chi connectivity index (χ2n) is 3.58. The van der Waals surface area contributed by atoms with E-state index >= 15 is 0 Å². The molecule has 16 heavy (non-hydrogen) atoms. The van der Waals surface area contributed by atoms with Gasteiger partial charge in [-0.15, -0.1) is 0 Å². The molecule has 0 unspecified atom stereocenters. The summed E-state index contributed by atoms with van der Waals surface area (Å²) in [4.78, 5) is 11.0. The molecule has 0 atom stereocenters. The van der Waals surface area contributed by atoms with E-state index in [-0.39, 0.29) is 12.5 Å². The van der Waals surface area contributed by atoms with Crippen molar-refractivity contribution in [3.8, 4) is 0 Å². The third-order valence-corrected chi connectivity index (χ3v) is 2.34. The molecular formula is C13H19NO2. The lowest BCUT2D eigenvalue weighted by Gasteiger charge is -2.05. The molecule has 0 spiro atoms. The number of carbonyl (C=O) groups is 1. The van der Waals surface area contributed by atoms with Crippen LogP contribution >= 0.6 is 0 Å². The molecule has 0 amide bonds. The zero-order chi connectivity index (χ0) is 11.8. The Morgan fingerprint density at radius 1 is 1.19 bits per heavy atom. The van der Waals surface area contributed by atoms with Crippen molar-refractivity contribution in [2.45, 2.75) is 26.8 Å². The number of ether oxygens (including phenoxy) is 1. The maximum Gasteiger partial charge on any atom is 0.319 e. The molecule has 0 aromatic heterocycles. The van der Waals surface area contributed by atoms with Crippen molar-refractivity contribution in [2.24, 2.45) is 0 Å². The van der Waals surface area contributed by atoms with Crippen molar-refractivity contribution in [2.75, 3.05) is 13.2 Å². The zero-order valence-electron chi connectivity index (χ0n) is 9.95. The number of aryl methyl sites for hydroxylation is 1. The van der Waals surface area contributed by atoms with Gasteiger partial charge in [-0.1, -0.05) is 31.2 Å². The summed E-state index contributed by atoms with van der Waals surface area (Å²) in [6.45, 7) is 5.34. The molecule has 3 nitrogen and oxygen atoms in total. The largest absolute Gasteiger partial charge is 0.465 e. The Balaban J connectivity index is 2.29. The van der Waals surface area contributed by atoms with Crippen LogP contribution in [-0.4, -0.2) is 19.1 Å². The van der Waals surface area contributed by atoms with Crippen molar-refractivity contribution in [3.05, 3.63) is 35.4 Å². The van der Waals surface area contributed by atoms with Crippen molar-refractivity contribution >= 4 is 5.97 Å². The molecule has 0 fully saturated rings. The fourth-order valence-electron chi connectivity index (χ4n) is 1.41. The third-order valence-electron chi connectivity index (χ3n) is 2.34. The first-order valence-corrected chi connectivity index (χ1v) is 5.70. The lowest BCUT2D eigenvalue weighted by atomic mass is 10.1. The van der Waals surface area contributed by atoms with E-state index in [2.05, 4.69) is 36.5 Å². The van der Waals surface area contributed by atoms with Crippen molar-refractivity contribution < 1.29 is 9.53 Å². The molecular weight excluding hydrogens is 202 g/mol. The van der Waals surface area contributed by atoms with Gasteiger partial charge in [-0.3, -0.25) is 4.79 Å². The molecule has 0 aliphatic carbocycles. The number of benzene rings is 1. The van der Waals surface area contributed by atoms with Crippen LogP contribution in [0.2, 0.25) is 0 Å². The molecule has 0 radical (unpaired) electrons. The molecule has 0 bridgehead atoms. The molecule has 1 N–H and O–H groups in total. The third kappa shape index (κ3) is 4.45. The summed E-state index contributed by atoms with van der Waals surface area (Å²) in [7, 11) is 0. The summed E-state index contributed by atoms with van der Waals surface area (Å²) < 4.78 is 4.81. The van der Waals surface area contributed by atoms with Crippen LogP contribution in [0.15, 0.2) is 24.3 Å². The Labute approximate surface area is 96.8 Å². The second kappa shape index (κ2) is 7.01. The fraction of sp³-hybridized carbons (Fsp3) is 0.462. The summed E-state index contributed by atoms with van der Waals surface area (Å²) in [6.07, 6.45) is 1.05. The van der Waals surface area contributed by atoms with Crippen molar-refractivity contribution in [1.82, 2.24) is 5.32 Å². The zero-order valence-corrected chi connectivity index (χ0v) is 9.95. The molecule has 0 aliphatic rings. The van der Waals surface area contributed by atoms with Gasteiger partial charge in [0.25, 0.3) is 0 Å². The number of rotatable bonds is 6. The summed E-state index contributed by atoms with van der Waals surface area (Å²) in [6, 6.07) is 8.39. The lowest BCUT2D eigenvalue weighted by molar-refractivity contribution is -0.142. The van der Waals surface area contributed by atoms with Crippen molar-refractivity contribution in [3.63, 3.8) is 0 Å². The van der Waals surface area contributed by atoms with E-state index in [0.717, 1.165) is 6.42 Å². The Bertz CT molecular complexity index is 319. The van der Waals surface area contributed by atoms with Gasteiger partial charge in [-0.05, 0) is 24.5 Å². The number of hydrogen-bond donors (Lipinski definition) is 1. The highest BCUT2D eigenvalue weighted by atomic mass is 16.5. The van der Waals surface area contributed by atoms with E-state index in [4.69, 9.17) is 4.74 Å². The van der Waals surface area contributed by atoms with Crippen molar-refractivity contribution in [1.29, 1.82) is 0 Å². The van der Waals surface area contributed by atoms with E-state index in [1.807, 2.05) is 0 Å². The smallest absolute Gasteiger partial charge is 0.319 e.